The maximum atomic E-state index is 10.7. The van der Waals surface area contributed by atoms with E-state index in [-0.39, 0.29) is 17.2 Å². The molecule has 2 N–H and O–H groups in total. The van der Waals surface area contributed by atoms with Gasteiger partial charge in [-0.2, -0.15) is 4.98 Å². The van der Waals surface area contributed by atoms with Crippen molar-refractivity contribution in [3.8, 4) is 0 Å². The molecule has 4 rings (SSSR count). The number of aromatic nitrogens is 3. The van der Waals surface area contributed by atoms with E-state index < -0.39 is 12.2 Å². The summed E-state index contributed by atoms with van der Waals surface area (Å²) in [5.41, 5.74) is 0.687. The van der Waals surface area contributed by atoms with E-state index >= 15 is 0 Å². The predicted octanol–water partition coefficient (Wildman–Crippen LogP) is 2.47. The zero-order valence-electron chi connectivity index (χ0n) is 14.0. The Hall–Kier alpha value is -0.730. The lowest BCUT2D eigenvalue weighted by molar-refractivity contribution is -0.0112. The monoisotopic (exact) mass is 428 g/mol. The molecular formula is C17H22BrClN4O2. The minimum absolute atomic E-state index is 0.113. The van der Waals surface area contributed by atoms with Crippen LogP contribution in [0.2, 0.25) is 5.28 Å². The van der Waals surface area contributed by atoms with Crippen molar-refractivity contribution in [2.75, 3.05) is 20.1 Å². The van der Waals surface area contributed by atoms with Crippen LogP contribution >= 0.6 is 27.5 Å². The molecular weight excluding hydrogens is 408 g/mol. The molecule has 8 heteroatoms. The molecule has 136 valence electrons. The number of hydrogen-bond acceptors (Lipinski definition) is 5. The van der Waals surface area contributed by atoms with Crippen LogP contribution < -0.4 is 0 Å². The van der Waals surface area contributed by atoms with Crippen LogP contribution in [-0.2, 0) is 0 Å². The summed E-state index contributed by atoms with van der Waals surface area (Å²) in [6.45, 7) is 2.10. The Labute approximate surface area is 159 Å². The Bertz CT molecular complexity index is 777. The number of hydrogen-bond donors (Lipinski definition) is 2. The SMILES string of the molecule is CN1CCC([C@H]2C[C@@H](n3cc(Br)c4cnc(Cl)nc43)[C@H](O)[C@@H]2O)CC1. The van der Waals surface area contributed by atoms with Gasteiger partial charge < -0.3 is 19.7 Å². The second-order valence-electron chi connectivity index (χ2n) is 7.35. The predicted molar refractivity (Wildman–Crippen MR) is 99.6 cm³/mol. The molecule has 1 saturated heterocycles. The van der Waals surface area contributed by atoms with Crippen molar-refractivity contribution in [1.82, 2.24) is 19.4 Å². The van der Waals surface area contributed by atoms with Crippen molar-refractivity contribution < 1.29 is 10.2 Å². The summed E-state index contributed by atoms with van der Waals surface area (Å²) in [5, 5.41) is 22.5. The summed E-state index contributed by atoms with van der Waals surface area (Å²) in [4.78, 5) is 10.7. The average molecular weight is 430 g/mol. The lowest BCUT2D eigenvalue weighted by Crippen LogP contribution is -2.37. The molecule has 3 heterocycles. The molecule has 0 bridgehead atoms. The molecule has 6 nitrogen and oxygen atoms in total. The summed E-state index contributed by atoms with van der Waals surface area (Å²) >= 11 is 9.50. The molecule has 0 amide bonds. The third-order valence-corrected chi connectivity index (χ3v) is 6.73. The molecule has 25 heavy (non-hydrogen) atoms. The standard InChI is InChI=1S/C17H22BrClN4O2/c1-22-4-2-9(3-5-22)10-6-13(15(25)14(10)24)23-8-12(18)11-7-20-17(19)21-16(11)23/h7-10,13-15,24-25H,2-6H2,1H3/t10-,13-,14-,15+/m1/s1. The highest BCUT2D eigenvalue weighted by atomic mass is 79.9. The quantitative estimate of drug-likeness (QED) is 0.718. The Kier molecular flexibility index (Phi) is 4.79. The molecule has 1 aliphatic heterocycles. The second-order valence-corrected chi connectivity index (χ2v) is 8.54. The molecule has 0 radical (unpaired) electrons. The van der Waals surface area contributed by atoms with Crippen LogP contribution in [0.5, 0.6) is 0 Å². The maximum Gasteiger partial charge on any atom is 0.224 e. The van der Waals surface area contributed by atoms with Gasteiger partial charge in [-0.1, -0.05) is 0 Å². The van der Waals surface area contributed by atoms with Gasteiger partial charge in [-0.15, -0.1) is 0 Å². The van der Waals surface area contributed by atoms with Gasteiger partial charge in [-0.05, 0) is 78.8 Å². The van der Waals surface area contributed by atoms with E-state index in [9.17, 15) is 10.2 Å². The molecule has 1 saturated carbocycles. The van der Waals surface area contributed by atoms with E-state index in [0.717, 1.165) is 42.2 Å². The lowest BCUT2D eigenvalue weighted by Gasteiger charge is -2.34. The molecule has 0 aromatic carbocycles. The van der Waals surface area contributed by atoms with Crippen molar-refractivity contribution in [3.63, 3.8) is 0 Å². The van der Waals surface area contributed by atoms with Gasteiger partial charge in [0.25, 0.3) is 0 Å². The summed E-state index contributed by atoms with van der Waals surface area (Å²) in [5.74, 6) is 0.566. The lowest BCUT2D eigenvalue weighted by atomic mass is 9.82. The van der Waals surface area contributed by atoms with E-state index in [1.807, 2.05) is 10.8 Å². The van der Waals surface area contributed by atoms with Crippen molar-refractivity contribution >= 4 is 38.6 Å². The van der Waals surface area contributed by atoms with Crippen LogP contribution in [0, 0.1) is 11.8 Å². The number of nitrogens with zero attached hydrogens (tertiary/aromatic N) is 4. The highest BCUT2D eigenvalue weighted by Gasteiger charge is 2.46. The summed E-state index contributed by atoms with van der Waals surface area (Å²) in [6.07, 6.45) is 4.97. The smallest absolute Gasteiger partial charge is 0.224 e. The summed E-state index contributed by atoms with van der Waals surface area (Å²) in [6, 6.07) is -0.209. The van der Waals surface area contributed by atoms with E-state index in [0.29, 0.717) is 11.6 Å². The highest BCUT2D eigenvalue weighted by molar-refractivity contribution is 9.10. The number of fused-ring (bicyclic) bond motifs is 1. The molecule has 0 spiro atoms. The molecule has 2 aromatic rings. The van der Waals surface area contributed by atoms with Gasteiger partial charge in [-0.25, -0.2) is 4.98 Å². The summed E-state index contributed by atoms with van der Waals surface area (Å²) < 4.78 is 2.80. The van der Waals surface area contributed by atoms with Gasteiger partial charge in [0.1, 0.15) is 11.8 Å². The Morgan fingerprint density at radius 3 is 2.68 bits per heavy atom. The Morgan fingerprint density at radius 1 is 1.24 bits per heavy atom. The van der Waals surface area contributed by atoms with Crippen LogP contribution in [-0.4, -0.2) is 62.0 Å². The average Bonchev–Trinajstić information content (AvgIpc) is 3.06. The highest BCUT2D eigenvalue weighted by Crippen LogP contribution is 2.44. The van der Waals surface area contributed by atoms with E-state index in [2.05, 4.69) is 37.8 Å². The number of aliphatic hydroxyl groups is 2. The minimum atomic E-state index is -0.805. The number of piperidine rings is 1. The first-order chi connectivity index (χ1) is 12.0. The fourth-order valence-corrected chi connectivity index (χ4v) is 5.10. The number of likely N-dealkylation sites (tertiary alicyclic amines) is 1. The molecule has 2 fully saturated rings. The number of aliphatic hydroxyl groups excluding tert-OH is 2. The third kappa shape index (κ3) is 3.10. The zero-order valence-corrected chi connectivity index (χ0v) is 16.4. The fourth-order valence-electron chi connectivity index (χ4n) is 4.47. The molecule has 4 atom stereocenters. The molecule has 0 unspecified atom stereocenters. The fraction of sp³-hybridized carbons (Fsp3) is 0.647. The molecule has 2 aromatic heterocycles. The van der Waals surface area contributed by atoms with Gasteiger partial charge in [0.2, 0.25) is 5.28 Å². The minimum Gasteiger partial charge on any atom is -0.390 e. The van der Waals surface area contributed by atoms with Crippen LogP contribution in [0.15, 0.2) is 16.9 Å². The molecule has 1 aliphatic carbocycles. The van der Waals surface area contributed by atoms with Crippen molar-refractivity contribution in [2.24, 2.45) is 11.8 Å². The normalized spacial score (nSPS) is 31.9. The van der Waals surface area contributed by atoms with Crippen molar-refractivity contribution in [3.05, 3.63) is 22.1 Å². The van der Waals surface area contributed by atoms with Gasteiger partial charge in [0, 0.05) is 16.9 Å². The van der Waals surface area contributed by atoms with Crippen LogP contribution in [0.1, 0.15) is 25.3 Å². The van der Waals surface area contributed by atoms with Gasteiger partial charge in [0.15, 0.2) is 0 Å². The zero-order chi connectivity index (χ0) is 17.7. The topological polar surface area (TPSA) is 74.4 Å². The van der Waals surface area contributed by atoms with E-state index in [1.54, 1.807) is 6.20 Å². The first-order valence-electron chi connectivity index (χ1n) is 8.69. The third-order valence-electron chi connectivity index (χ3n) is 5.92. The second kappa shape index (κ2) is 6.78. The molecule has 2 aliphatic rings. The Morgan fingerprint density at radius 2 is 1.96 bits per heavy atom. The van der Waals surface area contributed by atoms with E-state index in [1.165, 1.54) is 0 Å². The van der Waals surface area contributed by atoms with Gasteiger partial charge in [-0.3, -0.25) is 0 Å². The first kappa shape index (κ1) is 17.7. The first-order valence-corrected chi connectivity index (χ1v) is 9.86. The van der Waals surface area contributed by atoms with Gasteiger partial charge >= 0.3 is 0 Å². The largest absolute Gasteiger partial charge is 0.390 e. The maximum absolute atomic E-state index is 10.7. The van der Waals surface area contributed by atoms with Crippen LogP contribution in [0.4, 0.5) is 0 Å². The number of rotatable bonds is 2. The van der Waals surface area contributed by atoms with Crippen LogP contribution in [0.25, 0.3) is 11.0 Å². The van der Waals surface area contributed by atoms with Crippen molar-refractivity contribution in [2.45, 2.75) is 37.5 Å². The van der Waals surface area contributed by atoms with E-state index in [4.69, 9.17) is 11.6 Å². The van der Waals surface area contributed by atoms with Gasteiger partial charge in [0.05, 0.1) is 17.5 Å². The number of halogens is 2. The van der Waals surface area contributed by atoms with Crippen LogP contribution in [0.3, 0.4) is 0 Å². The summed E-state index contributed by atoms with van der Waals surface area (Å²) in [7, 11) is 2.13. The Balaban J connectivity index is 1.64. The van der Waals surface area contributed by atoms with Crippen molar-refractivity contribution in [1.29, 1.82) is 0 Å².